The smallest absolute Gasteiger partial charge is 0.251 e. The van der Waals surface area contributed by atoms with E-state index in [1.807, 2.05) is 19.2 Å². The molecule has 7 nitrogen and oxygen atoms in total. The first kappa shape index (κ1) is 20.9. The van der Waals surface area contributed by atoms with Gasteiger partial charge in [-0.1, -0.05) is 6.07 Å². The van der Waals surface area contributed by atoms with Crippen molar-refractivity contribution in [3.63, 3.8) is 0 Å². The molecule has 1 amide bonds. The molecule has 0 bridgehead atoms. The van der Waals surface area contributed by atoms with Crippen LogP contribution in [-0.2, 0) is 15.8 Å². The van der Waals surface area contributed by atoms with Crippen LogP contribution in [0.3, 0.4) is 0 Å². The second-order valence-corrected chi connectivity index (χ2v) is 9.67. The van der Waals surface area contributed by atoms with Gasteiger partial charge in [-0.3, -0.25) is 4.79 Å². The van der Waals surface area contributed by atoms with Gasteiger partial charge in [0, 0.05) is 44.0 Å². The molecule has 28 heavy (non-hydrogen) atoms. The fourth-order valence-corrected chi connectivity index (χ4v) is 5.11. The lowest BCUT2D eigenvalue weighted by Crippen LogP contribution is -2.47. The van der Waals surface area contributed by atoms with Crippen LogP contribution in [0.25, 0.3) is 0 Å². The molecule has 0 radical (unpaired) electrons. The number of thioether (sulfide) groups is 1. The number of nitrogens with one attached hydrogen (secondary N) is 1. The molecule has 0 aliphatic carbocycles. The summed E-state index contributed by atoms with van der Waals surface area (Å²) in [4.78, 5) is 14.6. The molecule has 3 rings (SSSR count). The van der Waals surface area contributed by atoms with E-state index in [0.29, 0.717) is 38.3 Å². The van der Waals surface area contributed by atoms with Crippen LogP contribution >= 0.6 is 11.8 Å². The van der Waals surface area contributed by atoms with Gasteiger partial charge in [0.2, 0.25) is 10.0 Å². The van der Waals surface area contributed by atoms with Gasteiger partial charge in [0.1, 0.15) is 5.76 Å². The molecule has 1 aromatic carbocycles. The molecule has 9 heteroatoms. The molecule has 0 unspecified atom stereocenters. The van der Waals surface area contributed by atoms with E-state index >= 15 is 0 Å². The second kappa shape index (κ2) is 9.60. The number of furan rings is 1. The van der Waals surface area contributed by atoms with Crippen molar-refractivity contribution in [1.29, 1.82) is 0 Å². The van der Waals surface area contributed by atoms with Crippen molar-refractivity contribution in [2.24, 2.45) is 0 Å². The van der Waals surface area contributed by atoms with E-state index in [1.54, 1.807) is 36.2 Å². The quantitative estimate of drug-likeness (QED) is 0.653. The Morgan fingerprint density at radius 2 is 1.96 bits per heavy atom. The maximum atomic E-state index is 12.8. The fraction of sp³-hybridized carbons (Fsp3) is 0.421. The molecule has 1 aliphatic rings. The second-order valence-electron chi connectivity index (χ2n) is 6.62. The highest BCUT2D eigenvalue weighted by Crippen LogP contribution is 2.19. The number of rotatable bonds is 8. The minimum atomic E-state index is -3.58. The van der Waals surface area contributed by atoms with E-state index in [1.165, 1.54) is 10.4 Å². The van der Waals surface area contributed by atoms with Crippen molar-refractivity contribution in [2.45, 2.75) is 10.6 Å². The van der Waals surface area contributed by atoms with Gasteiger partial charge in [-0.15, -0.1) is 0 Å². The van der Waals surface area contributed by atoms with Gasteiger partial charge < -0.3 is 14.6 Å². The van der Waals surface area contributed by atoms with Crippen molar-refractivity contribution in [1.82, 2.24) is 14.5 Å². The van der Waals surface area contributed by atoms with E-state index in [9.17, 15) is 13.2 Å². The van der Waals surface area contributed by atoms with Gasteiger partial charge in [0.15, 0.2) is 0 Å². The number of carbonyl (C=O) groups excluding carboxylic acids is 1. The number of sulfonamides is 1. The van der Waals surface area contributed by atoms with E-state index in [4.69, 9.17) is 4.42 Å². The van der Waals surface area contributed by atoms with Crippen LogP contribution in [-0.4, -0.2) is 69.1 Å². The standard InChI is InChI=1S/C19H25N3O4S2/c1-21-8-10-22(11-9-21)28(24,25)18-6-2-4-16(14-18)19(23)20-7-13-27-15-17-5-3-12-26-17/h2-6,12,14H,7-11,13,15H2,1H3,(H,20,23). The molecule has 2 aromatic rings. The Hall–Kier alpha value is -1.81. The Bertz CT molecular complexity index is 876. The average molecular weight is 424 g/mol. The van der Waals surface area contributed by atoms with Gasteiger partial charge in [-0.2, -0.15) is 16.1 Å². The SMILES string of the molecule is CN1CCN(S(=O)(=O)c2cccc(C(=O)NCCSCc3ccco3)c2)CC1. The van der Waals surface area contributed by atoms with Gasteiger partial charge in [0.05, 0.1) is 16.9 Å². The van der Waals surface area contributed by atoms with Crippen molar-refractivity contribution in [3.05, 3.63) is 54.0 Å². The van der Waals surface area contributed by atoms with E-state index in [0.717, 1.165) is 17.3 Å². The number of amides is 1. The fourth-order valence-electron chi connectivity index (χ4n) is 2.88. The molecule has 1 N–H and O–H groups in total. The predicted molar refractivity (Wildman–Crippen MR) is 110 cm³/mol. The summed E-state index contributed by atoms with van der Waals surface area (Å²) in [6.45, 7) is 2.83. The monoisotopic (exact) mass is 423 g/mol. The lowest BCUT2D eigenvalue weighted by atomic mass is 10.2. The Morgan fingerprint density at radius 1 is 1.18 bits per heavy atom. The zero-order valence-electron chi connectivity index (χ0n) is 15.8. The van der Waals surface area contributed by atoms with E-state index in [-0.39, 0.29) is 10.8 Å². The largest absolute Gasteiger partial charge is 0.468 e. The lowest BCUT2D eigenvalue weighted by Gasteiger charge is -2.31. The van der Waals surface area contributed by atoms with Crippen molar-refractivity contribution >= 4 is 27.7 Å². The summed E-state index contributed by atoms with van der Waals surface area (Å²) in [6, 6.07) is 10.0. The molecular formula is C19H25N3O4S2. The number of hydrogen-bond acceptors (Lipinski definition) is 6. The highest BCUT2D eigenvalue weighted by molar-refractivity contribution is 7.98. The number of hydrogen-bond donors (Lipinski definition) is 1. The van der Waals surface area contributed by atoms with Crippen LogP contribution in [0, 0.1) is 0 Å². The minimum Gasteiger partial charge on any atom is -0.468 e. The third-order valence-electron chi connectivity index (χ3n) is 4.55. The first-order chi connectivity index (χ1) is 13.5. The third kappa shape index (κ3) is 5.38. The van der Waals surface area contributed by atoms with E-state index < -0.39 is 10.0 Å². The van der Waals surface area contributed by atoms with Crippen LogP contribution in [0.2, 0.25) is 0 Å². The lowest BCUT2D eigenvalue weighted by molar-refractivity contribution is 0.0956. The van der Waals surface area contributed by atoms with Gasteiger partial charge in [-0.05, 0) is 37.4 Å². The van der Waals surface area contributed by atoms with Crippen LogP contribution in [0.15, 0.2) is 52.0 Å². The Labute approximate surface area is 170 Å². The van der Waals surface area contributed by atoms with Crippen LogP contribution in [0.5, 0.6) is 0 Å². The number of benzene rings is 1. The first-order valence-corrected chi connectivity index (χ1v) is 11.7. The minimum absolute atomic E-state index is 0.164. The number of nitrogens with zero attached hydrogens (tertiary/aromatic N) is 2. The number of likely N-dealkylation sites (N-methyl/N-ethyl adjacent to an activating group) is 1. The molecule has 2 heterocycles. The third-order valence-corrected chi connectivity index (χ3v) is 7.43. The normalized spacial score (nSPS) is 16.2. The number of carbonyl (C=O) groups is 1. The highest BCUT2D eigenvalue weighted by atomic mass is 32.2. The topological polar surface area (TPSA) is 82.9 Å². The highest BCUT2D eigenvalue weighted by Gasteiger charge is 2.27. The Kier molecular flexibility index (Phi) is 7.17. The average Bonchev–Trinajstić information content (AvgIpc) is 3.21. The molecular weight excluding hydrogens is 398 g/mol. The molecule has 0 atom stereocenters. The van der Waals surface area contributed by atoms with Gasteiger partial charge in [-0.25, -0.2) is 8.42 Å². The number of piperazine rings is 1. The zero-order valence-corrected chi connectivity index (χ0v) is 17.5. The summed E-state index contributed by atoms with van der Waals surface area (Å²) in [7, 11) is -1.61. The van der Waals surface area contributed by atoms with Crippen molar-refractivity contribution < 1.29 is 17.6 Å². The first-order valence-electron chi connectivity index (χ1n) is 9.14. The van der Waals surface area contributed by atoms with Gasteiger partial charge >= 0.3 is 0 Å². The summed E-state index contributed by atoms with van der Waals surface area (Å²) in [5.74, 6) is 2.13. The molecule has 1 fully saturated rings. The maximum Gasteiger partial charge on any atom is 0.251 e. The van der Waals surface area contributed by atoms with Crippen molar-refractivity contribution in [2.75, 3.05) is 45.5 Å². The van der Waals surface area contributed by atoms with Crippen LogP contribution in [0.1, 0.15) is 16.1 Å². The summed E-state index contributed by atoms with van der Waals surface area (Å²) < 4.78 is 32.4. The molecule has 0 saturated carbocycles. The van der Waals surface area contributed by atoms with Crippen molar-refractivity contribution in [3.8, 4) is 0 Å². The van der Waals surface area contributed by atoms with Crippen LogP contribution < -0.4 is 5.32 Å². The summed E-state index contributed by atoms with van der Waals surface area (Å²) in [5, 5.41) is 2.84. The maximum absolute atomic E-state index is 12.8. The molecule has 1 saturated heterocycles. The molecule has 1 aliphatic heterocycles. The predicted octanol–water partition coefficient (Wildman–Crippen LogP) is 1.88. The Balaban J connectivity index is 1.54. The van der Waals surface area contributed by atoms with Gasteiger partial charge in [0.25, 0.3) is 5.91 Å². The summed E-state index contributed by atoms with van der Waals surface area (Å²) >= 11 is 1.66. The molecule has 1 aromatic heterocycles. The summed E-state index contributed by atoms with van der Waals surface area (Å²) in [6.07, 6.45) is 1.64. The van der Waals surface area contributed by atoms with Crippen LogP contribution in [0.4, 0.5) is 0 Å². The van der Waals surface area contributed by atoms with E-state index in [2.05, 4.69) is 10.2 Å². The zero-order chi connectivity index (χ0) is 20.0. The Morgan fingerprint density at radius 3 is 2.68 bits per heavy atom. The molecule has 0 spiro atoms. The molecule has 152 valence electrons. The summed E-state index contributed by atoms with van der Waals surface area (Å²) in [5.41, 5.74) is 0.353.